The first kappa shape index (κ1) is 26.6. The molecule has 1 aromatic heterocycles. The summed E-state index contributed by atoms with van der Waals surface area (Å²) in [6, 6.07) is 25.1. The predicted molar refractivity (Wildman–Crippen MR) is 151 cm³/mol. The molecule has 3 aromatic carbocycles. The van der Waals surface area contributed by atoms with Gasteiger partial charge in [0.1, 0.15) is 5.69 Å². The number of rotatable bonds is 7. The SMILES string of the molecule is Cc1c(NC(=O)c2cccc(CN3CCN(S(=O)(=O)c4ccccc4)CC3)c2)c(=O)n(-c2ccccc2)n1C. The van der Waals surface area contributed by atoms with Gasteiger partial charge in [0.2, 0.25) is 10.0 Å². The summed E-state index contributed by atoms with van der Waals surface area (Å²) in [4.78, 5) is 28.8. The van der Waals surface area contributed by atoms with E-state index < -0.39 is 10.0 Å². The number of nitrogens with one attached hydrogen (secondary N) is 1. The topological polar surface area (TPSA) is 96.7 Å². The lowest BCUT2D eigenvalue weighted by atomic mass is 10.1. The Kier molecular flexibility index (Phi) is 7.51. The number of anilines is 1. The van der Waals surface area contributed by atoms with Crippen molar-refractivity contribution in [2.45, 2.75) is 18.4 Å². The molecular weight excluding hydrogens is 514 g/mol. The molecular formula is C29H31N5O4S. The van der Waals surface area contributed by atoms with Crippen molar-refractivity contribution in [3.05, 3.63) is 112 Å². The summed E-state index contributed by atoms with van der Waals surface area (Å²) in [6.07, 6.45) is 0. The zero-order valence-corrected chi connectivity index (χ0v) is 22.8. The van der Waals surface area contributed by atoms with E-state index >= 15 is 0 Å². The highest BCUT2D eigenvalue weighted by Crippen LogP contribution is 2.19. The predicted octanol–water partition coefficient (Wildman–Crippen LogP) is 3.24. The maximum atomic E-state index is 13.2. The number of sulfonamides is 1. The molecule has 202 valence electrons. The number of hydrogen-bond acceptors (Lipinski definition) is 5. The zero-order chi connectivity index (χ0) is 27.6. The third-order valence-corrected chi connectivity index (χ3v) is 9.01. The van der Waals surface area contributed by atoms with Crippen molar-refractivity contribution < 1.29 is 13.2 Å². The lowest BCUT2D eigenvalue weighted by Crippen LogP contribution is -2.48. The van der Waals surface area contributed by atoms with Crippen LogP contribution in [-0.2, 0) is 23.6 Å². The van der Waals surface area contributed by atoms with Gasteiger partial charge in [-0.25, -0.2) is 13.1 Å². The Balaban J connectivity index is 1.25. The van der Waals surface area contributed by atoms with E-state index in [-0.39, 0.29) is 17.2 Å². The summed E-state index contributed by atoms with van der Waals surface area (Å²) in [7, 11) is -1.72. The van der Waals surface area contributed by atoms with Gasteiger partial charge in [0.15, 0.2) is 0 Å². The number of piperazine rings is 1. The van der Waals surface area contributed by atoms with Crippen LogP contribution in [0, 0.1) is 6.92 Å². The van der Waals surface area contributed by atoms with Crippen LogP contribution in [0.2, 0.25) is 0 Å². The van der Waals surface area contributed by atoms with Crippen LogP contribution in [0.1, 0.15) is 21.6 Å². The second-order valence-electron chi connectivity index (χ2n) is 9.58. The number of para-hydroxylation sites is 1. The number of hydrogen-bond donors (Lipinski definition) is 1. The third-order valence-electron chi connectivity index (χ3n) is 7.10. The van der Waals surface area contributed by atoms with Crippen LogP contribution in [-0.4, -0.2) is 59.1 Å². The van der Waals surface area contributed by atoms with Crippen molar-refractivity contribution in [1.29, 1.82) is 0 Å². The summed E-state index contributed by atoms with van der Waals surface area (Å²) in [6.45, 7) is 4.36. The summed E-state index contributed by atoms with van der Waals surface area (Å²) >= 11 is 0. The molecule has 0 aliphatic carbocycles. The third kappa shape index (κ3) is 5.44. The van der Waals surface area contributed by atoms with Crippen molar-refractivity contribution in [2.75, 3.05) is 31.5 Å². The van der Waals surface area contributed by atoms with Gasteiger partial charge in [-0.1, -0.05) is 48.5 Å². The zero-order valence-electron chi connectivity index (χ0n) is 21.9. The Morgan fingerprint density at radius 2 is 1.51 bits per heavy atom. The number of nitrogens with zero attached hydrogens (tertiary/aromatic N) is 4. The molecule has 1 saturated heterocycles. The van der Waals surface area contributed by atoms with Crippen molar-refractivity contribution in [3.8, 4) is 5.69 Å². The molecule has 5 rings (SSSR count). The normalized spacial score (nSPS) is 14.8. The Morgan fingerprint density at radius 1 is 0.872 bits per heavy atom. The summed E-state index contributed by atoms with van der Waals surface area (Å²) in [5, 5.41) is 2.81. The van der Waals surface area contributed by atoms with Gasteiger partial charge in [0, 0.05) is 45.3 Å². The van der Waals surface area contributed by atoms with Crippen molar-refractivity contribution >= 4 is 21.6 Å². The van der Waals surface area contributed by atoms with E-state index in [1.807, 2.05) is 48.5 Å². The molecule has 1 aliphatic rings. The fourth-order valence-corrected chi connectivity index (χ4v) is 6.28. The molecule has 0 unspecified atom stereocenters. The van der Waals surface area contributed by atoms with E-state index in [2.05, 4.69) is 10.2 Å². The fourth-order valence-electron chi connectivity index (χ4n) is 4.84. The van der Waals surface area contributed by atoms with Crippen LogP contribution in [0.3, 0.4) is 0 Å². The van der Waals surface area contributed by atoms with Crippen LogP contribution in [0.5, 0.6) is 0 Å². The molecule has 0 radical (unpaired) electrons. The van der Waals surface area contributed by atoms with Gasteiger partial charge < -0.3 is 5.32 Å². The van der Waals surface area contributed by atoms with Crippen molar-refractivity contribution in [1.82, 2.24) is 18.6 Å². The van der Waals surface area contributed by atoms with E-state index in [4.69, 9.17) is 0 Å². The highest BCUT2D eigenvalue weighted by molar-refractivity contribution is 7.89. The smallest absolute Gasteiger partial charge is 0.295 e. The number of carbonyl (C=O) groups excluding carboxylic acids is 1. The minimum atomic E-state index is -3.51. The molecule has 10 heteroatoms. The second kappa shape index (κ2) is 11.0. The first-order chi connectivity index (χ1) is 18.8. The molecule has 1 N–H and O–H groups in total. The standard InChI is InChI=1S/C29H31N5O4S/c1-22-27(29(36)34(31(22)2)25-12-5-3-6-13-25)30-28(35)24-11-9-10-23(20-24)21-32-16-18-33(19-17-32)39(37,38)26-14-7-4-8-15-26/h3-15,20H,16-19,21H2,1-2H3,(H,30,35). The van der Waals surface area contributed by atoms with Gasteiger partial charge in [0.25, 0.3) is 11.5 Å². The van der Waals surface area contributed by atoms with E-state index in [9.17, 15) is 18.0 Å². The molecule has 1 fully saturated rings. The van der Waals surface area contributed by atoms with Crippen molar-refractivity contribution in [3.63, 3.8) is 0 Å². The van der Waals surface area contributed by atoms with Gasteiger partial charge in [-0.15, -0.1) is 0 Å². The summed E-state index contributed by atoms with van der Waals surface area (Å²) < 4.78 is 30.6. The molecule has 0 spiro atoms. The fraction of sp³-hybridized carbons (Fsp3) is 0.241. The average Bonchev–Trinajstić information content (AvgIpc) is 3.17. The Morgan fingerprint density at radius 3 is 2.18 bits per heavy atom. The van der Waals surface area contributed by atoms with Crippen LogP contribution in [0.15, 0.2) is 94.6 Å². The molecule has 0 saturated carbocycles. The second-order valence-corrected chi connectivity index (χ2v) is 11.5. The van der Waals surface area contributed by atoms with E-state index in [1.54, 1.807) is 55.1 Å². The van der Waals surface area contributed by atoms with Gasteiger partial charge >= 0.3 is 0 Å². The monoisotopic (exact) mass is 545 g/mol. The van der Waals surface area contributed by atoms with Crippen molar-refractivity contribution in [2.24, 2.45) is 7.05 Å². The average molecular weight is 546 g/mol. The molecule has 2 heterocycles. The summed E-state index contributed by atoms with van der Waals surface area (Å²) in [5.41, 5.74) is 2.70. The first-order valence-electron chi connectivity index (χ1n) is 12.8. The number of carbonyl (C=O) groups is 1. The lowest BCUT2D eigenvalue weighted by molar-refractivity contribution is 0.102. The summed E-state index contributed by atoms with van der Waals surface area (Å²) in [5.74, 6) is -0.360. The number of amides is 1. The van der Waals surface area contributed by atoms with E-state index in [0.29, 0.717) is 54.6 Å². The quantitative estimate of drug-likeness (QED) is 0.385. The van der Waals surface area contributed by atoms with E-state index in [0.717, 1.165) is 5.56 Å². The minimum absolute atomic E-state index is 0.243. The van der Waals surface area contributed by atoms with Gasteiger partial charge in [-0.2, -0.15) is 4.31 Å². The lowest BCUT2D eigenvalue weighted by Gasteiger charge is -2.34. The molecule has 1 amide bonds. The van der Waals surface area contributed by atoms with Crippen LogP contribution in [0.25, 0.3) is 5.69 Å². The van der Waals surface area contributed by atoms with Crippen LogP contribution < -0.4 is 10.9 Å². The molecule has 1 aliphatic heterocycles. The molecule has 4 aromatic rings. The Labute approximate surface area is 227 Å². The highest BCUT2D eigenvalue weighted by Gasteiger charge is 2.28. The van der Waals surface area contributed by atoms with E-state index in [1.165, 1.54) is 8.99 Å². The minimum Gasteiger partial charge on any atom is -0.316 e. The molecule has 0 atom stereocenters. The van der Waals surface area contributed by atoms with Gasteiger partial charge in [-0.05, 0) is 48.9 Å². The number of benzene rings is 3. The molecule has 9 nitrogen and oxygen atoms in total. The maximum Gasteiger partial charge on any atom is 0.295 e. The Hall–Kier alpha value is -3.99. The molecule has 0 bridgehead atoms. The van der Waals surface area contributed by atoms with Crippen LogP contribution in [0.4, 0.5) is 5.69 Å². The first-order valence-corrected chi connectivity index (χ1v) is 14.2. The largest absolute Gasteiger partial charge is 0.316 e. The maximum absolute atomic E-state index is 13.2. The highest BCUT2D eigenvalue weighted by atomic mass is 32.2. The number of aromatic nitrogens is 2. The Bertz CT molecular complexity index is 1640. The van der Waals surface area contributed by atoms with Gasteiger partial charge in [0.05, 0.1) is 16.3 Å². The molecule has 39 heavy (non-hydrogen) atoms. The van der Waals surface area contributed by atoms with Gasteiger partial charge in [-0.3, -0.25) is 19.2 Å². The van der Waals surface area contributed by atoms with Crippen LogP contribution >= 0.6 is 0 Å².